The van der Waals surface area contributed by atoms with Crippen molar-refractivity contribution in [2.75, 3.05) is 12.0 Å². The Bertz CT molecular complexity index is 857. The maximum atomic E-state index is 12.7. The number of amides is 1. The van der Waals surface area contributed by atoms with Gasteiger partial charge in [-0.15, -0.1) is 0 Å². The second kappa shape index (κ2) is 8.95. The summed E-state index contributed by atoms with van der Waals surface area (Å²) in [6, 6.07) is 15.0. The Kier molecular flexibility index (Phi) is 6.40. The maximum Gasteiger partial charge on any atom is 0.251 e. The largest absolute Gasteiger partial charge is 0.491 e. The molecule has 0 aliphatic carbocycles. The van der Waals surface area contributed by atoms with Crippen LogP contribution in [0.2, 0.25) is 0 Å². The summed E-state index contributed by atoms with van der Waals surface area (Å²) < 4.78 is 5.64. The number of fused-ring (bicyclic) bond motifs is 1. The standard InChI is InChI=1S/C21H25N3O2S/c1-14(2)26-16-10-8-15(9-11-16)21(25)24-19(12-13-27-3)20-22-17-6-4-5-7-18(17)23-20/h4-11,14,19H,12-13H2,1-3H3,(H,22,23)(H,24,25)/t19-/m0/s1. The van der Waals surface area contributed by atoms with Gasteiger partial charge in [0, 0.05) is 5.56 Å². The molecule has 0 spiro atoms. The lowest BCUT2D eigenvalue weighted by molar-refractivity contribution is 0.0934. The Balaban J connectivity index is 1.76. The monoisotopic (exact) mass is 383 g/mol. The molecule has 0 saturated heterocycles. The van der Waals surface area contributed by atoms with E-state index in [1.54, 1.807) is 23.9 Å². The average molecular weight is 384 g/mol. The molecule has 1 aromatic heterocycles. The summed E-state index contributed by atoms with van der Waals surface area (Å²) in [4.78, 5) is 20.7. The van der Waals surface area contributed by atoms with Crippen molar-refractivity contribution < 1.29 is 9.53 Å². The van der Waals surface area contributed by atoms with Crippen molar-refractivity contribution in [1.29, 1.82) is 0 Å². The van der Waals surface area contributed by atoms with E-state index in [0.29, 0.717) is 5.56 Å². The second-order valence-corrected chi connectivity index (χ2v) is 7.62. The fourth-order valence-electron chi connectivity index (χ4n) is 2.85. The first-order chi connectivity index (χ1) is 13.1. The normalized spacial score (nSPS) is 12.3. The molecule has 1 heterocycles. The molecule has 0 radical (unpaired) electrons. The number of hydrogen-bond donors (Lipinski definition) is 2. The Morgan fingerprint density at radius 3 is 2.59 bits per heavy atom. The highest BCUT2D eigenvalue weighted by Crippen LogP contribution is 2.21. The van der Waals surface area contributed by atoms with Crippen LogP contribution in [-0.2, 0) is 0 Å². The summed E-state index contributed by atoms with van der Waals surface area (Å²) >= 11 is 1.75. The van der Waals surface area contributed by atoms with Crippen LogP contribution in [0.5, 0.6) is 5.75 Å². The molecule has 0 aliphatic rings. The number of nitrogens with one attached hydrogen (secondary N) is 2. The van der Waals surface area contributed by atoms with E-state index in [0.717, 1.165) is 34.8 Å². The number of aromatic nitrogens is 2. The first-order valence-electron chi connectivity index (χ1n) is 9.08. The summed E-state index contributed by atoms with van der Waals surface area (Å²) in [7, 11) is 0. The zero-order chi connectivity index (χ0) is 19.2. The number of H-pyrrole nitrogens is 1. The molecular weight excluding hydrogens is 358 g/mol. The molecule has 5 nitrogen and oxygen atoms in total. The number of imidazole rings is 1. The molecular formula is C21H25N3O2S. The van der Waals surface area contributed by atoms with E-state index < -0.39 is 0 Å². The number of thioether (sulfide) groups is 1. The van der Waals surface area contributed by atoms with Crippen molar-refractivity contribution in [2.24, 2.45) is 0 Å². The second-order valence-electron chi connectivity index (χ2n) is 6.64. The lowest BCUT2D eigenvalue weighted by atomic mass is 10.1. The summed E-state index contributed by atoms with van der Waals surface area (Å²) in [5.74, 6) is 2.37. The molecule has 0 unspecified atom stereocenters. The molecule has 2 aromatic carbocycles. The molecule has 1 atom stereocenters. The van der Waals surface area contributed by atoms with E-state index in [-0.39, 0.29) is 18.1 Å². The summed E-state index contributed by atoms with van der Waals surface area (Å²) in [5, 5.41) is 3.12. The fraction of sp³-hybridized carbons (Fsp3) is 0.333. The van der Waals surface area contributed by atoms with Gasteiger partial charge in [0.05, 0.1) is 23.2 Å². The minimum atomic E-state index is -0.163. The number of carbonyl (C=O) groups excluding carboxylic acids is 1. The molecule has 2 N–H and O–H groups in total. The Labute approximate surface area is 163 Å². The summed E-state index contributed by atoms with van der Waals surface area (Å²) in [5.41, 5.74) is 2.49. The van der Waals surface area contributed by atoms with Crippen molar-refractivity contribution in [3.8, 4) is 5.75 Å². The highest BCUT2D eigenvalue weighted by molar-refractivity contribution is 7.98. The van der Waals surface area contributed by atoms with E-state index in [4.69, 9.17) is 4.74 Å². The maximum absolute atomic E-state index is 12.7. The predicted octanol–water partition coefficient (Wildman–Crippen LogP) is 4.57. The van der Waals surface area contributed by atoms with Crippen molar-refractivity contribution in [3.05, 3.63) is 59.9 Å². The number of hydrogen-bond acceptors (Lipinski definition) is 4. The predicted molar refractivity (Wildman–Crippen MR) is 112 cm³/mol. The van der Waals surface area contributed by atoms with Gasteiger partial charge >= 0.3 is 0 Å². The van der Waals surface area contributed by atoms with Crippen LogP contribution in [-0.4, -0.2) is 34.0 Å². The highest BCUT2D eigenvalue weighted by atomic mass is 32.2. The van der Waals surface area contributed by atoms with Gasteiger partial charge < -0.3 is 15.0 Å². The van der Waals surface area contributed by atoms with E-state index in [9.17, 15) is 4.79 Å². The quantitative estimate of drug-likeness (QED) is 0.598. The van der Waals surface area contributed by atoms with Crippen molar-refractivity contribution >= 4 is 28.7 Å². The van der Waals surface area contributed by atoms with Crippen LogP contribution in [0.1, 0.15) is 42.5 Å². The van der Waals surface area contributed by atoms with Gasteiger partial charge in [-0.3, -0.25) is 4.79 Å². The molecule has 6 heteroatoms. The Hall–Kier alpha value is -2.47. The average Bonchev–Trinajstić information content (AvgIpc) is 3.09. The van der Waals surface area contributed by atoms with Crippen LogP contribution in [0.15, 0.2) is 48.5 Å². The van der Waals surface area contributed by atoms with Gasteiger partial charge in [-0.1, -0.05) is 12.1 Å². The number of nitrogens with zero attached hydrogens (tertiary/aromatic N) is 1. The Morgan fingerprint density at radius 1 is 1.19 bits per heavy atom. The molecule has 1 amide bonds. The Morgan fingerprint density at radius 2 is 1.93 bits per heavy atom. The van der Waals surface area contributed by atoms with Gasteiger partial charge in [0.25, 0.3) is 5.91 Å². The lowest BCUT2D eigenvalue weighted by Gasteiger charge is -2.17. The topological polar surface area (TPSA) is 67.0 Å². The zero-order valence-electron chi connectivity index (χ0n) is 15.9. The van der Waals surface area contributed by atoms with Gasteiger partial charge in [-0.05, 0) is 68.7 Å². The third kappa shape index (κ3) is 5.04. The summed E-state index contributed by atoms with van der Waals surface area (Å²) in [6.07, 6.45) is 2.97. The molecule has 0 aliphatic heterocycles. The van der Waals surface area contributed by atoms with Crippen LogP contribution in [0.25, 0.3) is 11.0 Å². The van der Waals surface area contributed by atoms with Crippen LogP contribution in [0.4, 0.5) is 0 Å². The van der Waals surface area contributed by atoms with Crippen LogP contribution in [0.3, 0.4) is 0 Å². The minimum absolute atomic E-state index is 0.105. The number of aromatic amines is 1. The number of benzene rings is 2. The van der Waals surface area contributed by atoms with E-state index >= 15 is 0 Å². The lowest BCUT2D eigenvalue weighted by Crippen LogP contribution is -2.29. The molecule has 3 rings (SSSR count). The summed E-state index contributed by atoms with van der Waals surface area (Å²) in [6.45, 7) is 3.95. The number of rotatable bonds is 8. The molecule has 0 bridgehead atoms. The van der Waals surface area contributed by atoms with Gasteiger partial charge in [-0.25, -0.2) is 4.98 Å². The first kappa shape index (κ1) is 19.3. The van der Waals surface area contributed by atoms with Crippen LogP contribution in [0, 0.1) is 0 Å². The zero-order valence-corrected chi connectivity index (χ0v) is 16.7. The first-order valence-corrected chi connectivity index (χ1v) is 10.5. The van der Waals surface area contributed by atoms with E-state index in [2.05, 4.69) is 21.5 Å². The van der Waals surface area contributed by atoms with Crippen LogP contribution < -0.4 is 10.1 Å². The van der Waals surface area contributed by atoms with Gasteiger partial charge in [0.2, 0.25) is 0 Å². The number of carbonyl (C=O) groups is 1. The molecule has 27 heavy (non-hydrogen) atoms. The number of ether oxygens (including phenoxy) is 1. The number of para-hydroxylation sites is 2. The van der Waals surface area contributed by atoms with Crippen molar-refractivity contribution in [2.45, 2.75) is 32.4 Å². The smallest absolute Gasteiger partial charge is 0.251 e. The van der Waals surface area contributed by atoms with Crippen molar-refractivity contribution in [1.82, 2.24) is 15.3 Å². The van der Waals surface area contributed by atoms with Crippen molar-refractivity contribution in [3.63, 3.8) is 0 Å². The van der Waals surface area contributed by atoms with Gasteiger partial charge in [-0.2, -0.15) is 11.8 Å². The molecule has 142 valence electrons. The molecule has 3 aromatic rings. The molecule has 0 saturated carbocycles. The highest BCUT2D eigenvalue weighted by Gasteiger charge is 2.19. The van der Waals surface area contributed by atoms with Gasteiger partial charge in [0.15, 0.2) is 0 Å². The SMILES string of the molecule is CSCC[C@H](NC(=O)c1ccc(OC(C)C)cc1)c1nc2ccccc2[nH]1. The minimum Gasteiger partial charge on any atom is -0.491 e. The van der Waals surface area contributed by atoms with E-state index in [1.165, 1.54) is 0 Å². The fourth-order valence-corrected chi connectivity index (χ4v) is 3.32. The third-order valence-electron chi connectivity index (χ3n) is 4.14. The van der Waals surface area contributed by atoms with Crippen LogP contribution >= 0.6 is 11.8 Å². The van der Waals surface area contributed by atoms with Gasteiger partial charge in [0.1, 0.15) is 11.6 Å². The third-order valence-corrected chi connectivity index (χ3v) is 4.79. The molecule has 0 fully saturated rings. The van der Waals surface area contributed by atoms with E-state index in [1.807, 2.05) is 50.2 Å².